The van der Waals surface area contributed by atoms with Gasteiger partial charge >= 0.3 is 0 Å². The molecule has 4 heteroatoms. The Balaban J connectivity index is 1.24. The highest BCUT2D eigenvalue weighted by Gasteiger charge is 2.17. The molecule has 0 N–H and O–H groups in total. The van der Waals surface area contributed by atoms with Gasteiger partial charge in [0.2, 0.25) is 0 Å². The minimum Gasteiger partial charge on any atom is -0.456 e. The van der Waals surface area contributed by atoms with Crippen LogP contribution < -0.4 is 0 Å². The van der Waals surface area contributed by atoms with E-state index in [1.54, 1.807) is 0 Å². The van der Waals surface area contributed by atoms with Crippen LogP contribution in [0.2, 0.25) is 0 Å². The van der Waals surface area contributed by atoms with Gasteiger partial charge in [0.15, 0.2) is 0 Å². The molecule has 0 spiro atoms. The van der Waals surface area contributed by atoms with E-state index < -0.39 is 0 Å². The van der Waals surface area contributed by atoms with Crippen LogP contribution in [0.15, 0.2) is 130 Å². The molecule has 0 amide bonds. The van der Waals surface area contributed by atoms with Gasteiger partial charge in [0.1, 0.15) is 22.3 Å². The molecule has 186 valence electrons. The fraction of sp³-hybridized carbons (Fsp3) is 0. The number of nitrogens with zero attached hydrogens (tertiary/aromatic N) is 2. The normalized spacial score (nSPS) is 12.0. The van der Waals surface area contributed by atoms with E-state index in [0.29, 0.717) is 0 Å². The lowest BCUT2D eigenvalue weighted by atomic mass is 9.96. The molecule has 0 fully saturated rings. The summed E-state index contributed by atoms with van der Waals surface area (Å²) >= 11 is 0. The lowest BCUT2D eigenvalue weighted by molar-refractivity contribution is 0.669. The molecule has 4 heterocycles. The Bertz CT molecular complexity index is 2430. The van der Waals surface area contributed by atoms with Crippen molar-refractivity contribution in [2.24, 2.45) is 0 Å². The second-order valence-electron chi connectivity index (χ2n) is 10.2. The third-order valence-electron chi connectivity index (χ3n) is 7.97. The van der Waals surface area contributed by atoms with E-state index in [1.165, 1.54) is 0 Å². The topological polar surface area (TPSA) is 52.1 Å². The molecular formula is C36H20N2O2. The zero-order valence-corrected chi connectivity index (χ0v) is 21.3. The molecule has 0 saturated heterocycles. The number of hydrogen-bond acceptors (Lipinski definition) is 4. The summed E-state index contributed by atoms with van der Waals surface area (Å²) in [5, 5.41) is 7.65. The maximum atomic E-state index is 6.44. The number of para-hydroxylation sites is 2. The molecule has 0 aliphatic heterocycles. The standard InChI is InChI=1S/C36H20N2O2/c1-4-8-32-24(5-1)26-14-15-28-34(36(26)40-32)27-17-18-37-20-30(27)38-35(28)22-11-9-21(10-12-22)23-13-16-33-29(19-23)25-6-2-3-7-31(25)39-33/h1-20H. The van der Waals surface area contributed by atoms with Gasteiger partial charge in [-0.2, -0.15) is 0 Å². The van der Waals surface area contributed by atoms with Crippen LogP contribution in [0, 0.1) is 0 Å². The van der Waals surface area contributed by atoms with Crippen molar-refractivity contribution in [3.8, 4) is 22.4 Å². The van der Waals surface area contributed by atoms with Crippen LogP contribution in [0.3, 0.4) is 0 Å². The summed E-state index contributed by atoms with van der Waals surface area (Å²) in [7, 11) is 0. The maximum absolute atomic E-state index is 6.44. The molecule has 0 radical (unpaired) electrons. The monoisotopic (exact) mass is 512 g/mol. The Morgan fingerprint density at radius 3 is 2.00 bits per heavy atom. The summed E-state index contributed by atoms with van der Waals surface area (Å²) in [6.07, 6.45) is 3.65. The Morgan fingerprint density at radius 2 is 1.15 bits per heavy atom. The van der Waals surface area contributed by atoms with Crippen LogP contribution in [-0.4, -0.2) is 9.97 Å². The van der Waals surface area contributed by atoms with Gasteiger partial charge in [-0.15, -0.1) is 0 Å². The molecule has 0 aliphatic carbocycles. The van der Waals surface area contributed by atoms with Crippen LogP contribution in [0.1, 0.15) is 0 Å². The molecule has 40 heavy (non-hydrogen) atoms. The summed E-state index contributed by atoms with van der Waals surface area (Å²) in [6, 6.07) is 37.8. The lowest BCUT2D eigenvalue weighted by Gasteiger charge is -2.11. The summed E-state index contributed by atoms with van der Waals surface area (Å²) in [4.78, 5) is 9.46. The van der Waals surface area contributed by atoms with Crippen molar-refractivity contribution < 1.29 is 8.83 Å². The Hall–Kier alpha value is -5.48. The lowest BCUT2D eigenvalue weighted by Crippen LogP contribution is -1.91. The number of fused-ring (bicyclic) bond motifs is 10. The molecule has 0 saturated carbocycles. The maximum Gasteiger partial charge on any atom is 0.144 e. The number of pyridine rings is 2. The third-order valence-corrected chi connectivity index (χ3v) is 7.97. The quantitative estimate of drug-likeness (QED) is 0.216. The van der Waals surface area contributed by atoms with Crippen LogP contribution in [0.4, 0.5) is 0 Å². The molecule has 9 aromatic rings. The zero-order valence-electron chi connectivity index (χ0n) is 21.3. The van der Waals surface area contributed by atoms with E-state index in [2.05, 4.69) is 77.8 Å². The summed E-state index contributed by atoms with van der Waals surface area (Å²) in [5.41, 5.74) is 8.68. The number of hydrogen-bond donors (Lipinski definition) is 0. The number of furan rings is 2. The average molecular weight is 513 g/mol. The Morgan fingerprint density at radius 1 is 0.475 bits per heavy atom. The van der Waals surface area contributed by atoms with E-state index in [0.717, 1.165) is 87.9 Å². The summed E-state index contributed by atoms with van der Waals surface area (Å²) in [6.45, 7) is 0. The fourth-order valence-electron chi connectivity index (χ4n) is 6.07. The van der Waals surface area contributed by atoms with Crippen LogP contribution in [-0.2, 0) is 0 Å². The number of aromatic nitrogens is 2. The van der Waals surface area contributed by atoms with Crippen molar-refractivity contribution in [1.82, 2.24) is 9.97 Å². The Kier molecular flexibility index (Phi) is 4.30. The molecule has 4 nitrogen and oxygen atoms in total. The highest BCUT2D eigenvalue weighted by atomic mass is 16.3. The second-order valence-corrected chi connectivity index (χ2v) is 10.2. The first-order valence-electron chi connectivity index (χ1n) is 13.3. The molecular weight excluding hydrogens is 492 g/mol. The average Bonchev–Trinajstić information content (AvgIpc) is 3.59. The van der Waals surface area contributed by atoms with Crippen LogP contribution in [0.5, 0.6) is 0 Å². The van der Waals surface area contributed by atoms with Crippen molar-refractivity contribution in [2.75, 3.05) is 0 Å². The van der Waals surface area contributed by atoms with E-state index in [4.69, 9.17) is 13.8 Å². The SMILES string of the molecule is c1ccc2c(c1)oc1ccc(-c3ccc(-c4nc5cnccc5c5c4ccc4c6ccccc6oc45)cc3)cc12. The van der Waals surface area contributed by atoms with E-state index in [9.17, 15) is 0 Å². The van der Waals surface area contributed by atoms with Crippen molar-refractivity contribution in [2.45, 2.75) is 0 Å². The highest BCUT2D eigenvalue weighted by molar-refractivity contribution is 6.24. The van der Waals surface area contributed by atoms with Crippen molar-refractivity contribution in [3.63, 3.8) is 0 Å². The van der Waals surface area contributed by atoms with Gasteiger partial charge in [-0.1, -0.05) is 72.8 Å². The Labute approximate surface area is 228 Å². The first-order chi connectivity index (χ1) is 19.8. The van der Waals surface area contributed by atoms with Gasteiger partial charge in [0.25, 0.3) is 0 Å². The fourth-order valence-corrected chi connectivity index (χ4v) is 6.07. The zero-order chi connectivity index (χ0) is 26.2. The molecule has 5 aromatic carbocycles. The van der Waals surface area contributed by atoms with Gasteiger partial charge < -0.3 is 8.83 Å². The van der Waals surface area contributed by atoms with Gasteiger partial charge in [-0.05, 0) is 47.5 Å². The minimum absolute atomic E-state index is 0.847. The van der Waals surface area contributed by atoms with Gasteiger partial charge in [0, 0.05) is 49.5 Å². The molecule has 0 aliphatic rings. The summed E-state index contributed by atoms with van der Waals surface area (Å²) in [5.74, 6) is 0. The molecule has 0 unspecified atom stereocenters. The van der Waals surface area contributed by atoms with Crippen molar-refractivity contribution in [3.05, 3.63) is 122 Å². The highest BCUT2D eigenvalue weighted by Crippen LogP contribution is 2.41. The van der Waals surface area contributed by atoms with E-state index >= 15 is 0 Å². The molecule has 4 aromatic heterocycles. The third kappa shape index (κ3) is 3.01. The number of benzene rings is 5. The smallest absolute Gasteiger partial charge is 0.144 e. The van der Waals surface area contributed by atoms with Gasteiger partial charge in [-0.3, -0.25) is 4.98 Å². The van der Waals surface area contributed by atoms with Crippen LogP contribution in [0.25, 0.3) is 87.9 Å². The predicted octanol–water partition coefficient (Wildman–Crippen LogP) is 9.92. The largest absolute Gasteiger partial charge is 0.456 e. The van der Waals surface area contributed by atoms with Crippen molar-refractivity contribution >= 4 is 65.6 Å². The van der Waals surface area contributed by atoms with Gasteiger partial charge in [0.05, 0.1) is 17.4 Å². The molecule has 0 atom stereocenters. The van der Waals surface area contributed by atoms with Gasteiger partial charge in [-0.25, -0.2) is 4.98 Å². The van der Waals surface area contributed by atoms with Crippen LogP contribution >= 0.6 is 0 Å². The second kappa shape index (κ2) is 8.01. The first kappa shape index (κ1) is 21.5. The van der Waals surface area contributed by atoms with Crippen molar-refractivity contribution in [1.29, 1.82) is 0 Å². The van der Waals surface area contributed by atoms with E-state index in [1.807, 2.05) is 48.8 Å². The number of rotatable bonds is 2. The summed E-state index contributed by atoms with van der Waals surface area (Å²) < 4.78 is 12.5. The minimum atomic E-state index is 0.847. The molecule has 9 rings (SSSR count). The predicted molar refractivity (Wildman–Crippen MR) is 162 cm³/mol. The first-order valence-corrected chi connectivity index (χ1v) is 13.3. The molecule has 0 bridgehead atoms. The van der Waals surface area contributed by atoms with E-state index in [-0.39, 0.29) is 0 Å².